The first kappa shape index (κ1) is 17.4. The Kier molecular flexibility index (Phi) is 8.38. The fourth-order valence-corrected chi connectivity index (χ4v) is 2.23. The van der Waals surface area contributed by atoms with E-state index in [2.05, 4.69) is 0 Å². The second kappa shape index (κ2) is 10.1. The predicted octanol–water partition coefficient (Wildman–Crippen LogP) is 2.36. The summed E-state index contributed by atoms with van der Waals surface area (Å²) >= 11 is 1.59. The van der Waals surface area contributed by atoms with Gasteiger partial charge in [-0.3, -0.25) is 4.79 Å². The number of allylic oxidation sites excluding steroid dienone is 1. The van der Waals surface area contributed by atoms with Crippen LogP contribution in [0.15, 0.2) is 28.5 Å². The van der Waals surface area contributed by atoms with Crippen molar-refractivity contribution in [1.29, 1.82) is 0 Å². The van der Waals surface area contributed by atoms with E-state index in [9.17, 15) is 9.59 Å². The lowest BCUT2D eigenvalue weighted by atomic mass is 10.1. The lowest BCUT2D eigenvalue weighted by Crippen LogP contribution is -2.15. The topological polar surface area (TPSA) is 61.8 Å². The van der Waals surface area contributed by atoms with Crippen LogP contribution in [0, 0.1) is 0 Å². The fraction of sp³-hybridized carbons (Fsp3) is 0.467. The van der Waals surface area contributed by atoms with Crippen molar-refractivity contribution in [2.75, 3.05) is 26.9 Å². The normalized spacial score (nSPS) is 11.2. The number of esters is 2. The fourth-order valence-electron chi connectivity index (χ4n) is 1.55. The van der Waals surface area contributed by atoms with Gasteiger partial charge in [0, 0.05) is 12.7 Å². The van der Waals surface area contributed by atoms with Gasteiger partial charge in [-0.05, 0) is 35.7 Å². The van der Waals surface area contributed by atoms with Crippen molar-refractivity contribution >= 4 is 23.3 Å². The van der Waals surface area contributed by atoms with Crippen LogP contribution < -0.4 is 0 Å². The maximum atomic E-state index is 11.8. The number of hydrogen-bond acceptors (Lipinski definition) is 6. The molecule has 0 aromatic carbocycles. The molecular weight excluding hydrogens is 292 g/mol. The molecule has 0 atom stereocenters. The number of ether oxygens (including phenoxy) is 3. The van der Waals surface area contributed by atoms with Gasteiger partial charge >= 0.3 is 11.9 Å². The van der Waals surface area contributed by atoms with Crippen LogP contribution in [0.2, 0.25) is 0 Å². The molecule has 0 saturated carbocycles. The third-order valence-corrected chi connectivity index (χ3v) is 3.32. The van der Waals surface area contributed by atoms with Crippen LogP contribution in [0.4, 0.5) is 0 Å². The minimum Gasteiger partial charge on any atom is -0.463 e. The third kappa shape index (κ3) is 7.06. The zero-order valence-electron chi connectivity index (χ0n) is 12.3. The molecule has 21 heavy (non-hydrogen) atoms. The number of methoxy groups -OCH3 is 1. The summed E-state index contributed by atoms with van der Waals surface area (Å²) in [7, 11) is 1.53. The molecule has 0 amide bonds. The van der Waals surface area contributed by atoms with Crippen molar-refractivity contribution in [1.82, 2.24) is 0 Å². The van der Waals surface area contributed by atoms with Crippen LogP contribution in [0.25, 0.3) is 0 Å². The summed E-state index contributed by atoms with van der Waals surface area (Å²) in [6.45, 7) is 2.51. The quantitative estimate of drug-likeness (QED) is 0.398. The van der Waals surface area contributed by atoms with Gasteiger partial charge in [-0.25, -0.2) is 4.79 Å². The average Bonchev–Trinajstić information content (AvgIpc) is 2.97. The van der Waals surface area contributed by atoms with E-state index in [-0.39, 0.29) is 19.6 Å². The number of thiophene rings is 1. The van der Waals surface area contributed by atoms with E-state index in [0.29, 0.717) is 18.6 Å². The Labute approximate surface area is 128 Å². The van der Waals surface area contributed by atoms with Gasteiger partial charge in [0.1, 0.15) is 6.61 Å². The Morgan fingerprint density at radius 1 is 1.29 bits per heavy atom. The first-order valence-corrected chi connectivity index (χ1v) is 7.63. The van der Waals surface area contributed by atoms with Gasteiger partial charge in [0.15, 0.2) is 0 Å². The molecule has 1 rings (SSSR count). The van der Waals surface area contributed by atoms with Gasteiger partial charge in [-0.2, -0.15) is 11.3 Å². The van der Waals surface area contributed by atoms with Crippen molar-refractivity contribution in [3.05, 3.63) is 34.0 Å². The molecule has 6 heteroatoms. The molecule has 0 aliphatic rings. The molecular formula is C15H20O5S. The summed E-state index contributed by atoms with van der Waals surface area (Å²) in [5.74, 6) is -0.937. The number of rotatable bonds is 9. The first-order chi connectivity index (χ1) is 10.2. The lowest BCUT2D eigenvalue weighted by molar-refractivity contribution is -0.147. The van der Waals surface area contributed by atoms with E-state index in [0.717, 1.165) is 5.56 Å². The van der Waals surface area contributed by atoms with Crippen molar-refractivity contribution in [2.24, 2.45) is 0 Å². The summed E-state index contributed by atoms with van der Waals surface area (Å²) < 4.78 is 14.7. The summed E-state index contributed by atoms with van der Waals surface area (Å²) in [5, 5.41) is 3.96. The Balaban J connectivity index is 2.61. The van der Waals surface area contributed by atoms with Gasteiger partial charge in [-0.1, -0.05) is 6.08 Å². The van der Waals surface area contributed by atoms with E-state index in [1.54, 1.807) is 24.3 Å². The molecule has 0 unspecified atom stereocenters. The van der Waals surface area contributed by atoms with Crippen LogP contribution in [0.5, 0.6) is 0 Å². The van der Waals surface area contributed by atoms with Gasteiger partial charge in [0.25, 0.3) is 0 Å². The van der Waals surface area contributed by atoms with Crippen LogP contribution in [0.3, 0.4) is 0 Å². The van der Waals surface area contributed by atoms with E-state index in [1.807, 2.05) is 16.8 Å². The molecule has 1 heterocycles. The van der Waals surface area contributed by atoms with E-state index >= 15 is 0 Å². The monoisotopic (exact) mass is 312 g/mol. The second-order valence-corrected chi connectivity index (χ2v) is 4.96. The van der Waals surface area contributed by atoms with E-state index in [1.165, 1.54) is 7.11 Å². The molecule has 116 valence electrons. The summed E-state index contributed by atoms with van der Waals surface area (Å²) in [6, 6.07) is 1.97. The van der Waals surface area contributed by atoms with E-state index in [4.69, 9.17) is 14.2 Å². The zero-order chi connectivity index (χ0) is 15.5. The van der Waals surface area contributed by atoms with E-state index < -0.39 is 11.9 Å². The molecule has 0 aliphatic heterocycles. The predicted molar refractivity (Wildman–Crippen MR) is 80.2 cm³/mol. The minimum atomic E-state index is -0.476. The first-order valence-electron chi connectivity index (χ1n) is 6.69. The highest BCUT2D eigenvalue weighted by Crippen LogP contribution is 2.12. The van der Waals surface area contributed by atoms with Crippen molar-refractivity contribution in [3.63, 3.8) is 0 Å². The van der Waals surface area contributed by atoms with Gasteiger partial charge < -0.3 is 14.2 Å². The number of carbonyl (C=O) groups is 2. The van der Waals surface area contributed by atoms with Crippen molar-refractivity contribution < 1.29 is 23.8 Å². The van der Waals surface area contributed by atoms with Crippen LogP contribution in [0.1, 0.15) is 18.9 Å². The molecule has 0 spiro atoms. The van der Waals surface area contributed by atoms with Crippen LogP contribution in [-0.2, 0) is 30.2 Å². The molecule has 0 radical (unpaired) electrons. The summed E-state index contributed by atoms with van der Waals surface area (Å²) in [5.41, 5.74) is 1.42. The maximum absolute atomic E-state index is 11.8. The van der Waals surface area contributed by atoms with Gasteiger partial charge in [-0.15, -0.1) is 0 Å². The third-order valence-electron chi connectivity index (χ3n) is 2.59. The SMILES string of the molecule is CCOC(=O)/C(=C/Cc1ccsc1)CC(=O)OCCOC. The standard InChI is InChI=1S/C15H20O5S/c1-3-19-15(17)13(5-4-12-6-9-21-11-12)10-14(16)20-8-7-18-2/h5-6,9,11H,3-4,7-8,10H2,1-2H3/b13-5+. The molecule has 0 saturated heterocycles. The molecule has 0 aliphatic carbocycles. The van der Waals surface area contributed by atoms with Gasteiger partial charge in [0.05, 0.1) is 19.6 Å². The molecule has 1 aromatic rings. The lowest BCUT2D eigenvalue weighted by Gasteiger charge is -2.07. The molecule has 5 nitrogen and oxygen atoms in total. The Bertz CT molecular complexity index is 464. The largest absolute Gasteiger partial charge is 0.463 e. The summed E-state index contributed by atoms with van der Waals surface area (Å²) in [4.78, 5) is 23.5. The van der Waals surface area contributed by atoms with Crippen LogP contribution in [-0.4, -0.2) is 38.9 Å². The van der Waals surface area contributed by atoms with Crippen molar-refractivity contribution in [2.45, 2.75) is 19.8 Å². The molecule has 1 aromatic heterocycles. The second-order valence-electron chi connectivity index (χ2n) is 4.18. The average molecular weight is 312 g/mol. The molecule has 0 N–H and O–H groups in total. The van der Waals surface area contributed by atoms with Crippen molar-refractivity contribution in [3.8, 4) is 0 Å². The Morgan fingerprint density at radius 3 is 2.71 bits per heavy atom. The highest BCUT2D eigenvalue weighted by atomic mass is 32.1. The molecule has 0 bridgehead atoms. The Hall–Kier alpha value is -1.66. The smallest absolute Gasteiger partial charge is 0.334 e. The van der Waals surface area contributed by atoms with Gasteiger partial charge in [0.2, 0.25) is 0 Å². The molecule has 0 fully saturated rings. The maximum Gasteiger partial charge on any atom is 0.334 e. The number of hydrogen-bond donors (Lipinski definition) is 0. The highest BCUT2D eigenvalue weighted by molar-refractivity contribution is 7.07. The Morgan fingerprint density at radius 2 is 2.10 bits per heavy atom. The summed E-state index contributed by atoms with van der Waals surface area (Å²) in [6.07, 6.45) is 2.22. The van der Waals surface area contributed by atoms with Crippen LogP contribution >= 0.6 is 11.3 Å². The number of carbonyl (C=O) groups excluding carboxylic acids is 2. The highest BCUT2D eigenvalue weighted by Gasteiger charge is 2.16. The minimum absolute atomic E-state index is 0.0906. The zero-order valence-corrected chi connectivity index (χ0v) is 13.1.